The van der Waals surface area contributed by atoms with Crippen LogP contribution in [0.5, 0.6) is 0 Å². The molecule has 1 N–H and O–H groups in total. The van der Waals surface area contributed by atoms with Crippen molar-refractivity contribution in [2.24, 2.45) is 0 Å². The highest BCUT2D eigenvalue weighted by atomic mass is 35.5. The van der Waals surface area contributed by atoms with Gasteiger partial charge in [-0.2, -0.15) is 10.1 Å². The fourth-order valence-corrected chi connectivity index (χ4v) is 2.75. The van der Waals surface area contributed by atoms with Crippen molar-refractivity contribution in [2.75, 3.05) is 11.9 Å². The standard InChI is InChI=1S/C17H15Cl2N5O2/c1-3-26-16(25)14-8-20-17(24-9-10(2)7-21-24)23-15(14)22-13-5-11(18)4-12(19)6-13/h4-9H,3H2,1-2H3,(H,20,22,23). The number of carbonyl (C=O) groups excluding carboxylic acids is 1. The Hall–Kier alpha value is -2.64. The molecule has 0 aliphatic carbocycles. The number of aryl methyl sites for hydroxylation is 1. The number of aromatic nitrogens is 4. The summed E-state index contributed by atoms with van der Waals surface area (Å²) < 4.78 is 6.58. The topological polar surface area (TPSA) is 81.9 Å². The number of esters is 1. The molecular weight excluding hydrogens is 377 g/mol. The van der Waals surface area contributed by atoms with Crippen LogP contribution in [0.1, 0.15) is 22.8 Å². The van der Waals surface area contributed by atoms with Gasteiger partial charge in [0.25, 0.3) is 5.95 Å². The van der Waals surface area contributed by atoms with E-state index in [4.69, 9.17) is 27.9 Å². The van der Waals surface area contributed by atoms with Crippen LogP contribution in [0.3, 0.4) is 0 Å². The van der Waals surface area contributed by atoms with E-state index < -0.39 is 5.97 Å². The van der Waals surface area contributed by atoms with E-state index in [1.807, 2.05) is 6.92 Å². The number of hydrogen-bond donors (Lipinski definition) is 1. The van der Waals surface area contributed by atoms with Crippen molar-refractivity contribution < 1.29 is 9.53 Å². The summed E-state index contributed by atoms with van der Waals surface area (Å²) in [6, 6.07) is 4.95. The van der Waals surface area contributed by atoms with E-state index in [1.165, 1.54) is 10.9 Å². The van der Waals surface area contributed by atoms with Crippen molar-refractivity contribution in [3.63, 3.8) is 0 Å². The number of ether oxygens (including phenoxy) is 1. The van der Waals surface area contributed by atoms with Gasteiger partial charge in [0.05, 0.1) is 12.8 Å². The molecule has 3 aromatic rings. The van der Waals surface area contributed by atoms with Gasteiger partial charge in [-0.3, -0.25) is 0 Å². The van der Waals surface area contributed by atoms with Gasteiger partial charge in [-0.1, -0.05) is 23.2 Å². The van der Waals surface area contributed by atoms with Crippen LogP contribution in [0, 0.1) is 6.92 Å². The van der Waals surface area contributed by atoms with Gasteiger partial charge < -0.3 is 10.1 Å². The van der Waals surface area contributed by atoms with Gasteiger partial charge >= 0.3 is 5.97 Å². The molecule has 0 amide bonds. The number of carbonyl (C=O) groups is 1. The number of halogens is 2. The van der Waals surface area contributed by atoms with E-state index in [2.05, 4.69) is 20.4 Å². The summed E-state index contributed by atoms with van der Waals surface area (Å²) in [6.07, 6.45) is 4.86. The van der Waals surface area contributed by atoms with Gasteiger partial charge in [0.2, 0.25) is 0 Å². The van der Waals surface area contributed by atoms with Gasteiger partial charge in [-0.25, -0.2) is 14.5 Å². The summed E-state index contributed by atoms with van der Waals surface area (Å²) in [5, 5.41) is 8.13. The van der Waals surface area contributed by atoms with Crippen LogP contribution in [-0.4, -0.2) is 32.3 Å². The molecule has 2 heterocycles. The van der Waals surface area contributed by atoms with E-state index in [1.54, 1.807) is 37.5 Å². The Morgan fingerprint density at radius 2 is 1.96 bits per heavy atom. The summed E-state index contributed by atoms with van der Waals surface area (Å²) in [6.45, 7) is 3.87. The van der Waals surface area contributed by atoms with Gasteiger partial charge in [0.1, 0.15) is 5.56 Å². The summed E-state index contributed by atoms with van der Waals surface area (Å²) >= 11 is 12.1. The molecule has 3 rings (SSSR count). The Morgan fingerprint density at radius 1 is 1.23 bits per heavy atom. The molecule has 0 radical (unpaired) electrons. The van der Waals surface area contributed by atoms with E-state index in [-0.39, 0.29) is 18.0 Å². The SMILES string of the molecule is CCOC(=O)c1cnc(-n2cc(C)cn2)nc1Nc1cc(Cl)cc(Cl)c1. The number of rotatable bonds is 5. The predicted octanol–water partition coefficient (Wildman–Crippen LogP) is 4.20. The van der Waals surface area contributed by atoms with Crippen molar-refractivity contribution in [3.05, 3.63) is 58.0 Å². The second-order valence-electron chi connectivity index (χ2n) is 5.40. The zero-order valence-electron chi connectivity index (χ0n) is 14.0. The first-order chi connectivity index (χ1) is 12.5. The summed E-state index contributed by atoms with van der Waals surface area (Å²) in [7, 11) is 0. The molecule has 26 heavy (non-hydrogen) atoms. The van der Waals surface area contributed by atoms with Gasteiger partial charge in [0, 0.05) is 28.1 Å². The Morgan fingerprint density at radius 3 is 2.58 bits per heavy atom. The first-order valence-electron chi connectivity index (χ1n) is 7.75. The Kier molecular flexibility index (Phi) is 5.39. The summed E-state index contributed by atoms with van der Waals surface area (Å²) in [4.78, 5) is 20.8. The molecule has 134 valence electrons. The predicted molar refractivity (Wildman–Crippen MR) is 99.6 cm³/mol. The first kappa shape index (κ1) is 18.2. The van der Waals surface area contributed by atoms with E-state index in [0.717, 1.165) is 5.56 Å². The molecular formula is C17H15Cl2N5O2. The fraction of sp³-hybridized carbons (Fsp3) is 0.176. The smallest absolute Gasteiger partial charge is 0.343 e. The van der Waals surface area contributed by atoms with Crippen molar-refractivity contribution in [3.8, 4) is 5.95 Å². The Bertz CT molecular complexity index is 938. The molecule has 1 aromatic carbocycles. The Labute approximate surface area is 159 Å². The van der Waals surface area contributed by atoms with Crippen LogP contribution >= 0.6 is 23.2 Å². The minimum atomic E-state index is -0.536. The molecule has 0 spiro atoms. The van der Waals surface area contributed by atoms with Crippen molar-refractivity contribution in [1.82, 2.24) is 19.7 Å². The first-order valence-corrected chi connectivity index (χ1v) is 8.51. The molecule has 0 bridgehead atoms. The van der Waals surface area contributed by atoms with E-state index in [0.29, 0.717) is 21.7 Å². The monoisotopic (exact) mass is 391 g/mol. The van der Waals surface area contributed by atoms with Crippen LogP contribution in [0.25, 0.3) is 5.95 Å². The highest BCUT2D eigenvalue weighted by molar-refractivity contribution is 6.35. The molecule has 0 atom stereocenters. The van der Waals surface area contributed by atoms with Crippen LogP contribution in [0.4, 0.5) is 11.5 Å². The number of anilines is 2. The normalized spacial score (nSPS) is 10.6. The molecule has 2 aromatic heterocycles. The van der Waals surface area contributed by atoms with Gasteiger partial charge in [-0.15, -0.1) is 0 Å². The van der Waals surface area contributed by atoms with Crippen LogP contribution in [0.2, 0.25) is 10.0 Å². The zero-order chi connectivity index (χ0) is 18.7. The molecule has 0 fully saturated rings. The molecule has 0 saturated heterocycles. The summed E-state index contributed by atoms with van der Waals surface area (Å²) in [5.41, 5.74) is 1.73. The number of benzene rings is 1. The third-order valence-corrected chi connectivity index (χ3v) is 3.75. The van der Waals surface area contributed by atoms with Crippen LogP contribution in [-0.2, 0) is 4.74 Å². The lowest BCUT2D eigenvalue weighted by Crippen LogP contribution is -2.13. The van der Waals surface area contributed by atoms with Crippen molar-refractivity contribution in [1.29, 1.82) is 0 Å². The average molecular weight is 392 g/mol. The number of nitrogens with zero attached hydrogens (tertiary/aromatic N) is 4. The summed E-state index contributed by atoms with van der Waals surface area (Å²) in [5.74, 6) is 0.0352. The molecule has 7 nitrogen and oxygen atoms in total. The highest BCUT2D eigenvalue weighted by Gasteiger charge is 2.17. The lowest BCUT2D eigenvalue weighted by Gasteiger charge is -2.12. The molecule has 0 unspecified atom stereocenters. The third-order valence-electron chi connectivity index (χ3n) is 3.31. The number of nitrogens with one attached hydrogen (secondary N) is 1. The quantitative estimate of drug-likeness (QED) is 0.656. The molecule has 0 aliphatic rings. The van der Waals surface area contributed by atoms with Gasteiger partial charge in [-0.05, 0) is 37.6 Å². The van der Waals surface area contributed by atoms with E-state index in [9.17, 15) is 4.79 Å². The fourth-order valence-electron chi connectivity index (χ4n) is 2.22. The van der Waals surface area contributed by atoms with Gasteiger partial charge in [0.15, 0.2) is 5.82 Å². The maximum Gasteiger partial charge on any atom is 0.343 e. The average Bonchev–Trinajstić information content (AvgIpc) is 3.00. The second kappa shape index (κ2) is 7.72. The van der Waals surface area contributed by atoms with Crippen LogP contribution in [0.15, 0.2) is 36.8 Å². The maximum atomic E-state index is 12.2. The third kappa shape index (κ3) is 4.12. The molecule has 9 heteroatoms. The lowest BCUT2D eigenvalue weighted by molar-refractivity contribution is 0.0526. The second-order valence-corrected chi connectivity index (χ2v) is 6.27. The van der Waals surface area contributed by atoms with Crippen molar-refractivity contribution in [2.45, 2.75) is 13.8 Å². The molecule has 0 aliphatic heterocycles. The van der Waals surface area contributed by atoms with Crippen LogP contribution < -0.4 is 5.32 Å². The lowest BCUT2D eigenvalue weighted by atomic mass is 10.2. The minimum Gasteiger partial charge on any atom is -0.462 e. The highest BCUT2D eigenvalue weighted by Crippen LogP contribution is 2.26. The minimum absolute atomic E-state index is 0.190. The van der Waals surface area contributed by atoms with Crippen molar-refractivity contribution >= 4 is 40.7 Å². The number of hydrogen-bond acceptors (Lipinski definition) is 6. The van der Waals surface area contributed by atoms with E-state index >= 15 is 0 Å². The zero-order valence-corrected chi connectivity index (χ0v) is 15.5. The molecule has 0 saturated carbocycles. The maximum absolute atomic E-state index is 12.2. The largest absolute Gasteiger partial charge is 0.462 e. The Balaban J connectivity index is 2.04.